The maximum absolute atomic E-state index is 12.6. The number of carbonyl (C=O) groups is 1. The number of nitrogens with zero attached hydrogens (tertiary/aromatic N) is 3. The molecule has 0 bridgehead atoms. The summed E-state index contributed by atoms with van der Waals surface area (Å²) in [5, 5.41) is 10.9. The Bertz CT molecular complexity index is 1100. The lowest BCUT2D eigenvalue weighted by atomic mass is 9.82. The highest BCUT2D eigenvalue weighted by atomic mass is 35.5. The van der Waals surface area contributed by atoms with Gasteiger partial charge in [-0.05, 0) is 46.5 Å². The Hall–Kier alpha value is -3.70. The molecule has 0 fully saturated rings. The van der Waals surface area contributed by atoms with Gasteiger partial charge in [-0.3, -0.25) is 14.9 Å². The molecule has 0 radical (unpaired) electrons. The molecule has 4 rings (SSSR count). The van der Waals surface area contributed by atoms with Crippen LogP contribution in [0.15, 0.2) is 104 Å². The number of hydrogen-bond acceptors (Lipinski definition) is 3. The molecule has 0 saturated carbocycles. The second-order valence-corrected chi connectivity index (χ2v) is 7.88. The highest BCUT2D eigenvalue weighted by Crippen LogP contribution is 2.41. The fourth-order valence-corrected chi connectivity index (χ4v) is 4.08. The third-order valence-corrected chi connectivity index (χ3v) is 5.64. The minimum absolute atomic E-state index is 0.237. The van der Waals surface area contributed by atoms with E-state index in [1.54, 1.807) is 36.9 Å². The average Bonchev–Trinajstić information content (AvgIpc) is 2.83. The van der Waals surface area contributed by atoms with Crippen molar-refractivity contribution in [1.29, 1.82) is 0 Å². The van der Waals surface area contributed by atoms with Crippen molar-refractivity contribution in [2.75, 3.05) is 0 Å². The lowest BCUT2D eigenvalue weighted by Crippen LogP contribution is -2.37. The summed E-state index contributed by atoms with van der Waals surface area (Å²) in [6.45, 7) is 0.237. The maximum Gasteiger partial charge on any atom is 0.408 e. The fourth-order valence-electron chi connectivity index (χ4n) is 3.95. The molecule has 5 nitrogen and oxygen atoms in total. The molecule has 2 heterocycles. The number of halogens is 1. The monoisotopic (exact) mass is 443 g/mol. The van der Waals surface area contributed by atoms with Crippen LogP contribution in [0.4, 0.5) is 4.79 Å². The van der Waals surface area contributed by atoms with Crippen LogP contribution in [-0.4, -0.2) is 26.1 Å². The summed E-state index contributed by atoms with van der Waals surface area (Å²) < 4.78 is 0. The molecular formula is C26H22ClN3O2. The average molecular weight is 444 g/mol. The summed E-state index contributed by atoms with van der Waals surface area (Å²) in [6.07, 6.45) is 5.97. The van der Waals surface area contributed by atoms with E-state index in [0.29, 0.717) is 5.02 Å². The van der Waals surface area contributed by atoms with Gasteiger partial charge in [-0.25, -0.2) is 4.79 Å². The van der Waals surface area contributed by atoms with Crippen LogP contribution in [0.25, 0.3) is 0 Å². The molecule has 2 aromatic carbocycles. The Labute approximate surface area is 192 Å². The van der Waals surface area contributed by atoms with E-state index in [1.165, 1.54) is 4.90 Å². The van der Waals surface area contributed by atoms with E-state index in [-0.39, 0.29) is 12.5 Å². The SMILES string of the molecule is O=C(O)N(Cc1ccccc1)C(c1ccc(Cl)cc1)C(c1cccnc1)c1cccnc1. The second kappa shape index (κ2) is 10.1. The van der Waals surface area contributed by atoms with Gasteiger partial charge in [-0.2, -0.15) is 0 Å². The van der Waals surface area contributed by atoms with Crippen LogP contribution in [0.2, 0.25) is 5.02 Å². The molecule has 0 spiro atoms. The molecule has 0 saturated heterocycles. The first-order valence-corrected chi connectivity index (χ1v) is 10.6. The van der Waals surface area contributed by atoms with E-state index in [0.717, 1.165) is 22.3 Å². The molecule has 0 aliphatic rings. The van der Waals surface area contributed by atoms with Gasteiger partial charge in [-0.1, -0.05) is 66.2 Å². The second-order valence-electron chi connectivity index (χ2n) is 7.44. The Kier molecular flexibility index (Phi) is 6.78. The van der Waals surface area contributed by atoms with Crippen molar-refractivity contribution in [3.8, 4) is 0 Å². The van der Waals surface area contributed by atoms with Gasteiger partial charge in [0.1, 0.15) is 0 Å². The maximum atomic E-state index is 12.6. The molecule has 1 unspecified atom stereocenters. The fraction of sp³-hybridized carbons (Fsp3) is 0.115. The smallest absolute Gasteiger partial charge is 0.408 e. The predicted molar refractivity (Wildman–Crippen MR) is 125 cm³/mol. The van der Waals surface area contributed by atoms with Crippen molar-refractivity contribution in [2.45, 2.75) is 18.5 Å². The van der Waals surface area contributed by atoms with E-state index in [4.69, 9.17) is 11.6 Å². The molecule has 32 heavy (non-hydrogen) atoms. The van der Waals surface area contributed by atoms with E-state index in [9.17, 15) is 9.90 Å². The van der Waals surface area contributed by atoms with Gasteiger partial charge in [0.25, 0.3) is 0 Å². The van der Waals surface area contributed by atoms with Gasteiger partial charge in [0.15, 0.2) is 0 Å². The third kappa shape index (κ3) is 4.95. The minimum Gasteiger partial charge on any atom is -0.465 e. The molecule has 1 N–H and O–H groups in total. The van der Waals surface area contributed by atoms with Crippen LogP contribution in [0.3, 0.4) is 0 Å². The molecular weight excluding hydrogens is 422 g/mol. The van der Waals surface area contributed by atoms with Crippen LogP contribution >= 0.6 is 11.6 Å². The normalized spacial score (nSPS) is 11.8. The van der Waals surface area contributed by atoms with E-state index in [1.807, 2.05) is 66.7 Å². The van der Waals surface area contributed by atoms with Gasteiger partial charge >= 0.3 is 6.09 Å². The Morgan fingerprint density at radius 2 is 1.41 bits per heavy atom. The number of pyridine rings is 2. The van der Waals surface area contributed by atoms with Crippen LogP contribution in [0.1, 0.15) is 34.2 Å². The quantitative estimate of drug-likeness (QED) is 0.370. The van der Waals surface area contributed by atoms with Gasteiger partial charge < -0.3 is 5.11 Å². The lowest BCUT2D eigenvalue weighted by Gasteiger charge is -2.36. The first-order chi connectivity index (χ1) is 15.6. The molecule has 160 valence electrons. The van der Waals surface area contributed by atoms with Crippen molar-refractivity contribution < 1.29 is 9.90 Å². The Balaban J connectivity index is 1.89. The zero-order valence-corrected chi connectivity index (χ0v) is 18.0. The number of hydrogen-bond donors (Lipinski definition) is 1. The molecule has 1 atom stereocenters. The zero-order valence-electron chi connectivity index (χ0n) is 17.3. The Morgan fingerprint density at radius 1 is 0.812 bits per heavy atom. The summed E-state index contributed by atoms with van der Waals surface area (Å²) in [4.78, 5) is 22.7. The van der Waals surface area contributed by atoms with Gasteiger partial charge in [0.2, 0.25) is 0 Å². The topological polar surface area (TPSA) is 66.3 Å². The predicted octanol–water partition coefficient (Wildman–Crippen LogP) is 6.18. The summed E-state index contributed by atoms with van der Waals surface area (Å²) in [6, 6.07) is 24.1. The van der Waals surface area contributed by atoms with Crippen molar-refractivity contribution in [3.05, 3.63) is 131 Å². The zero-order chi connectivity index (χ0) is 22.3. The van der Waals surface area contributed by atoms with Crippen LogP contribution in [0, 0.1) is 0 Å². The molecule has 0 aliphatic carbocycles. The van der Waals surface area contributed by atoms with Crippen LogP contribution in [0.5, 0.6) is 0 Å². The van der Waals surface area contributed by atoms with Crippen molar-refractivity contribution in [1.82, 2.24) is 14.9 Å². The summed E-state index contributed by atoms with van der Waals surface area (Å²) >= 11 is 6.15. The number of rotatable bonds is 7. The number of aromatic nitrogens is 2. The summed E-state index contributed by atoms with van der Waals surface area (Å²) in [5.41, 5.74) is 3.55. The van der Waals surface area contributed by atoms with Gasteiger partial charge in [0, 0.05) is 42.3 Å². The third-order valence-electron chi connectivity index (χ3n) is 5.39. The van der Waals surface area contributed by atoms with Crippen LogP contribution in [-0.2, 0) is 6.54 Å². The van der Waals surface area contributed by atoms with Gasteiger partial charge in [0.05, 0.1) is 6.04 Å². The number of benzene rings is 2. The van der Waals surface area contributed by atoms with E-state index in [2.05, 4.69) is 9.97 Å². The standard InChI is InChI=1S/C26H22ClN3O2/c27-23-12-10-20(11-13-23)25(30(26(31)32)18-19-6-2-1-3-7-19)24(21-8-4-14-28-16-21)22-9-5-15-29-17-22/h1-17,24-25H,18H2,(H,31,32). The summed E-state index contributed by atoms with van der Waals surface area (Å²) in [7, 11) is 0. The first-order valence-electron chi connectivity index (χ1n) is 10.2. The number of amides is 1. The molecule has 2 aromatic heterocycles. The molecule has 4 aromatic rings. The molecule has 0 aliphatic heterocycles. The molecule has 1 amide bonds. The lowest BCUT2D eigenvalue weighted by molar-refractivity contribution is 0.115. The van der Waals surface area contributed by atoms with Gasteiger partial charge in [-0.15, -0.1) is 0 Å². The minimum atomic E-state index is -1.01. The highest BCUT2D eigenvalue weighted by molar-refractivity contribution is 6.30. The molecule has 6 heteroatoms. The largest absolute Gasteiger partial charge is 0.465 e. The Morgan fingerprint density at radius 3 is 1.91 bits per heavy atom. The van der Waals surface area contributed by atoms with Crippen molar-refractivity contribution in [2.24, 2.45) is 0 Å². The summed E-state index contributed by atoms with van der Waals surface area (Å²) in [5.74, 6) is -0.321. The van der Waals surface area contributed by atoms with Crippen molar-refractivity contribution in [3.63, 3.8) is 0 Å². The number of carboxylic acid groups (broad SMARTS) is 1. The highest BCUT2D eigenvalue weighted by Gasteiger charge is 2.35. The van der Waals surface area contributed by atoms with E-state index < -0.39 is 12.1 Å². The first kappa shape index (κ1) is 21.5. The van der Waals surface area contributed by atoms with Crippen molar-refractivity contribution >= 4 is 17.7 Å². The van der Waals surface area contributed by atoms with Crippen LogP contribution < -0.4 is 0 Å². The van der Waals surface area contributed by atoms with E-state index >= 15 is 0 Å².